The molecule has 0 spiro atoms. The quantitative estimate of drug-likeness (QED) is 0.746. The highest BCUT2D eigenvalue weighted by molar-refractivity contribution is 6.31. The van der Waals surface area contributed by atoms with Crippen LogP contribution in [0.2, 0.25) is 5.02 Å². The van der Waals surface area contributed by atoms with E-state index in [4.69, 9.17) is 11.6 Å². The van der Waals surface area contributed by atoms with E-state index >= 15 is 0 Å². The van der Waals surface area contributed by atoms with Crippen LogP contribution < -0.4 is 0 Å². The first kappa shape index (κ1) is 12.7. The number of halogens is 3. The standard InChI is InChI=1S/C14H9ClF2O/c1-8-5-6-11(13(17)12(8)16)14(18)9-3-2-4-10(15)7-9/h2-7H,1H3. The average Bonchev–Trinajstić information content (AvgIpc) is 2.35. The highest BCUT2D eigenvalue weighted by Gasteiger charge is 2.18. The van der Waals surface area contributed by atoms with Crippen molar-refractivity contribution in [1.82, 2.24) is 0 Å². The van der Waals surface area contributed by atoms with Crippen molar-refractivity contribution < 1.29 is 13.6 Å². The van der Waals surface area contributed by atoms with Crippen LogP contribution in [-0.4, -0.2) is 5.78 Å². The third kappa shape index (κ3) is 2.27. The Morgan fingerprint density at radius 3 is 2.50 bits per heavy atom. The fourth-order valence-electron chi connectivity index (χ4n) is 1.61. The van der Waals surface area contributed by atoms with Gasteiger partial charge in [-0.3, -0.25) is 4.79 Å². The van der Waals surface area contributed by atoms with Gasteiger partial charge in [0, 0.05) is 10.6 Å². The molecule has 0 saturated carbocycles. The summed E-state index contributed by atoms with van der Waals surface area (Å²) in [5.41, 5.74) is 0.0974. The summed E-state index contributed by atoms with van der Waals surface area (Å²) in [5, 5.41) is 0.369. The van der Waals surface area contributed by atoms with Crippen LogP contribution >= 0.6 is 11.6 Å². The molecule has 0 heterocycles. The van der Waals surface area contributed by atoms with E-state index in [2.05, 4.69) is 0 Å². The Bertz CT molecular complexity index is 623. The largest absolute Gasteiger partial charge is 0.288 e. The molecule has 0 bridgehead atoms. The molecule has 0 unspecified atom stereocenters. The maximum atomic E-state index is 13.7. The van der Waals surface area contributed by atoms with Crippen molar-refractivity contribution in [2.75, 3.05) is 0 Å². The Hall–Kier alpha value is -1.74. The summed E-state index contributed by atoms with van der Waals surface area (Å²) in [6.07, 6.45) is 0. The zero-order valence-corrected chi connectivity index (χ0v) is 10.3. The van der Waals surface area contributed by atoms with Crippen LogP contribution in [0.3, 0.4) is 0 Å². The molecule has 0 aliphatic carbocycles. The van der Waals surface area contributed by atoms with Crippen LogP contribution in [0.1, 0.15) is 21.5 Å². The van der Waals surface area contributed by atoms with E-state index in [-0.39, 0.29) is 16.7 Å². The highest BCUT2D eigenvalue weighted by Crippen LogP contribution is 2.20. The molecule has 2 rings (SSSR count). The molecule has 4 heteroatoms. The number of benzene rings is 2. The molecule has 1 nitrogen and oxygen atoms in total. The van der Waals surface area contributed by atoms with E-state index in [0.29, 0.717) is 5.02 Å². The molecule has 2 aromatic carbocycles. The van der Waals surface area contributed by atoms with Gasteiger partial charge >= 0.3 is 0 Å². The van der Waals surface area contributed by atoms with Crippen LogP contribution in [0.4, 0.5) is 8.78 Å². The average molecular weight is 267 g/mol. The second kappa shape index (κ2) is 4.86. The Morgan fingerprint density at radius 2 is 1.83 bits per heavy atom. The second-order valence-electron chi connectivity index (χ2n) is 3.90. The second-order valence-corrected chi connectivity index (χ2v) is 4.33. The third-order valence-corrected chi connectivity index (χ3v) is 2.84. The molecule has 0 atom stereocenters. The molecule has 92 valence electrons. The van der Waals surface area contributed by atoms with E-state index in [1.807, 2.05) is 0 Å². The van der Waals surface area contributed by atoms with Gasteiger partial charge in [0.1, 0.15) is 0 Å². The monoisotopic (exact) mass is 266 g/mol. The van der Waals surface area contributed by atoms with Crippen molar-refractivity contribution in [2.24, 2.45) is 0 Å². The number of carbonyl (C=O) groups excluding carboxylic acids is 1. The Morgan fingerprint density at radius 1 is 1.11 bits per heavy atom. The van der Waals surface area contributed by atoms with Crippen LogP contribution in [0.25, 0.3) is 0 Å². The minimum absolute atomic E-state index is 0.162. The fourth-order valence-corrected chi connectivity index (χ4v) is 1.80. The SMILES string of the molecule is Cc1ccc(C(=O)c2cccc(Cl)c2)c(F)c1F. The molecule has 2 aromatic rings. The van der Waals surface area contributed by atoms with Crippen LogP contribution in [0, 0.1) is 18.6 Å². The van der Waals surface area contributed by atoms with Gasteiger partial charge in [-0.15, -0.1) is 0 Å². The first-order valence-electron chi connectivity index (χ1n) is 5.25. The predicted octanol–water partition coefficient (Wildman–Crippen LogP) is 4.16. The molecule has 0 aliphatic heterocycles. The minimum Gasteiger partial charge on any atom is -0.288 e. The van der Waals surface area contributed by atoms with Gasteiger partial charge in [-0.05, 0) is 30.7 Å². The van der Waals surface area contributed by atoms with Gasteiger partial charge < -0.3 is 0 Å². The van der Waals surface area contributed by atoms with E-state index < -0.39 is 17.4 Å². The summed E-state index contributed by atoms with van der Waals surface area (Å²) < 4.78 is 27.1. The molecule has 0 N–H and O–H groups in total. The van der Waals surface area contributed by atoms with Gasteiger partial charge in [0.15, 0.2) is 17.4 Å². The fraction of sp³-hybridized carbons (Fsp3) is 0.0714. The lowest BCUT2D eigenvalue weighted by atomic mass is 10.0. The lowest BCUT2D eigenvalue weighted by molar-refractivity contribution is 0.103. The molecular formula is C14H9ClF2O. The number of carbonyl (C=O) groups is 1. The summed E-state index contributed by atoms with van der Waals surface area (Å²) in [7, 11) is 0. The minimum atomic E-state index is -1.13. The Balaban J connectivity index is 2.50. The molecule has 0 amide bonds. The van der Waals surface area contributed by atoms with Crippen molar-refractivity contribution in [3.8, 4) is 0 Å². The zero-order chi connectivity index (χ0) is 13.3. The van der Waals surface area contributed by atoms with Crippen molar-refractivity contribution in [2.45, 2.75) is 6.92 Å². The van der Waals surface area contributed by atoms with Gasteiger partial charge in [0.05, 0.1) is 5.56 Å². The summed E-state index contributed by atoms with van der Waals surface area (Å²) in [6.45, 7) is 1.44. The topological polar surface area (TPSA) is 17.1 Å². The first-order valence-corrected chi connectivity index (χ1v) is 5.63. The number of hydrogen-bond donors (Lipinski definition) is 0. The van der Waals surface area contributed by atoms with Crippen molar-refractivity contribution in [3.05, 3.63) is 69.7 Å². The highest BCUT2D eigenvalue weighted by atomic mass is 35.5. The molecule has 0 radical (unpaired) electrons. The van der Waals surface area contributed by atoms with E-state index in [0.717, 1.165) is 0 Å². The summed E-state index contributed by atoms with van der Waals surface area (Å²) in [6, 6.07) is 8.75. The molecule has 18 heavy (non-hydrogen) atoms. The van der Waals surface area contributed by atoms with Crippen LogP contribution in [0.15, 0.2) is 36.4 Å². The van der Waals surface area contributed by atoms with Crippen LogP contribution in [0.5, 0.6) is 0 Å². The van der Waals surface area contributed by atoms with Gasteiger partial charge in [0.25, 0.3) is 0 Å². The number of rotatable bonds is 2. The van der Waals surface area contributed by atoms with Crippen LogP contribution in [-0.2, 0) is 0 Å². The normalized spacial score (nSPS) is 10.4. The molecule has 0 saturated heterocycles. The zero-order valence-electron chi connectivity index (χ0n) is 9.51. The van der Waals surface area contributed by atoms with Gasteiger partial charge in [-0.25, -0.2) is 8.78 Å². The first-order chi connectivity index (χ1) is 8.50. The van der Waals surface area contributed by atoms with E-state index in [1.54, 1.807) is 12.1 Å². The Kier molecular flexibility index (Phi) is 3.43. The van der Waals surface area contributed by atoms with E-state index in [1.165, 1.54) is 31.2 Å². The van der Waals surface area contributed by atoms with Crippen molar-refractivity contribution in [3.63, 3.8) is 0 Å². The van der Waals surface area contributed by atoms with Crippen molar-refractivity contribution >= 4 is 17.4 Å². The van der Waals surface area contributed by atoms with Gasteiger partial charge in [-0.1, -0.05) is 29.8 Å². The maximum Gasteiger partial charge on any atom is 0.196 e. The number of ketones is 1. The number of hydrogen-bond acceptors (Lipinski definition) is 1. The molecule has 0 aliphatic rings. The Labute approximate surface area is 108 Å². The third-order valence-electron chi connectivity index (χ3n) is 2.61. The summed E-state index contributed by atoms with van der Waals surface area (Å²) in [4.78, 5) is 12.0. The lowest BCUT2D eigenvalue weighted by Gasteiger charge is -2.05. The van der Waals surface area contributed by atoms with E-state index in [9.17, 15) is 13.6 Å². The smallest absolute Gasteiger partial charge is 0.196 e. The number of aryl methyl sites for hydroxylation is 1. The predicted molar refractivity (Wildman–Crippen MR) is 66.0 cm³/mol. The summed E-state index contributed by atoms with van der Waals surface area (Å²) in [5.74, 6) is -2.71. The van der Waals surface area contributed by atoms with Crippen molar-refractivity contribution in [1.29, 1.82) is 0 Å². The lowest BCUT2D eigenvalue weighted by Crippen LogP contribution is -2.06. The molecular weight excluding hydrogens is 258 g/mol. The molecule has 0 aromatic heterocycles. The van der Waals surface area contributed by atoms with Gasteiger partial charge in [0.2, 0.25) is 0 Å². The summed E-state index contributed by atoms with van der Waals surface area (Å²) >= 11 is 5.75. The maximum absolute atomic E-state index is 13.7. The van der Waals surface area contributed by atoms with Gasteiger partial charge in [-0.2, -0.15) is 0 Å². The molecule has 0 fully saturated rings.